The van der Waals surface area contributed by atoms with Crippen molar-refractivity contribution >= 4 is 5.82 Å². The summed E-state index contributed by atoms with van der Waals surface area (Å²) in [6, 6.07) is 4.22. The summed E-state index contributed by atoms with van der Waals surface area (Å²) in [5.74, 6) is 1.75. The SMILES string of the molecule is CC(C)N(CC1CC1)c1ccc(CO)nn1. The molecule has 88 valence electrons. The van der Waals surface area contributed by atoms with Gasteiger partial charge in [0.05, 0.1) is 12.3 Å². The van der Waals surface area contributed by atoms with E-state index < -0.39 is 0 Å². The molecule has 1 heterocycles. The summed E-state index contributed by atoms with van der Waals surface area (Å²) < 4.78 is 0. The fourth-order valence-electron chi connectivity index (χ4n) is 1.74. The maximum Gasteiger partial charge on any atom is 0.151 e. The standard InChI is InChI=1S/C12H19N3O/c1-9(2)15(7-10-3-4-10)12-6-5-11(8-16)13-14-12/h5-6,9-10,16H,3-4,7-8H2,1-2H3. The van der Waals surface area contributed by atoms with Crippen molar-refractivity contribution in [3.63, 3.8) is 0 Å². The Balaban J connectivity index is 2.10. The van der Waals surface area contributed by atoms with E-state index in [0.29, 0.717) is 11.7 Å². The average molecular weight is 221 g/mol. The molecule has 1 aromatic rings. The van der Waals surface area contributed by atoms with E-state index in [0.717, 1.165) is 18.3 Å². The summed E-state index contributed by atoms with van der Waals surface area (Å²) in [7, 11) is 0. The number of rotatable bonds is 5. The van der Waals surface area contributed by atoms with Crippen LogP contribution in [0.3, 0.4) is 0 Å². The fourth-order valence-corrected chi connectivity index (χ4v) is 1.74. The fraction of sp³-hybridized carbons (Fsp3) is 0.667. The predicted octanol–water partition coefficient (Wildman–Crippen LogP) is 1.59. The lowest BCUT2D eigenvalue weighted by Crippen LogP contribution is -2.33. The highest BCUT2D eigenvalue weighted by molar-refractivity contribution is 5.38. The first kappa shape index (κ1) is 11.3. The highest BCUT2D eigenvalue weighted by Crippen LogP contribution is 2.31. The largest absolute Gasteiger partial charge is 0.390 e. The van der Waals surface area contributed by atoms with E-state index in [-0.39, 0.29) is 6.61 Å². The molecular weight excluding hydrogens is 202 g/mol. The summed E-state index contributed by atoms with van der Waals surface area (Å²) in [6.45, 7) is 5.37. The molecule has 4 nitrogen and oxygen atoms in total. The third kappa shape index (κ3) is 2.70. The second-order valence-corrected chi connectivity index (χ2v) is 4.73. The quantitative estimate of drug-likeness (QED) is 0.820. The molecule has 0 atom stereocenters. The number of aromatic nitrogens is 2. The van der Waals surface area contributed by atoms with Gasteiger partial charge in [0, 0.05) is 12.6 Å². The molecule has 0 bridgehead atoms. The average Bonchev–Trinajstić information content (AvgIpc) is 3.09. The van der Waals surface area contributed by atoms with Crippen LogP contribution in [0.1, 0.15) is 32.4 Å². The Hall–Kier alpha value is -1.16. The monoisotopic (exact) mass is 221 g/mol. The summed E-state index contributed by atoms with van der Waals surface area (Å²) in [5, 5.41) is 17.1. The van der Waals surface area contributed by atoms with E-state index >= 15 is 0 Å². The van der Waals surface area contributed by atoms with Gasteiger partial charge in [-0.2, -0.15) is 5.10 Å². The van der Waals surface area contributed by atoms with Crippen LogP contribution in [0.15, 0.2) is 12.1 Å². The number of anilines is 1. The number of nitrogens with zero attached hydrogens (tertiary/aromatic N) is 3. The lowest BCUT2D eigenvalue weighted by molar-refractivity contribution is 0.275. The van der Waals surface area contributed by atoms with Gasteiger partial charge >= 0.3 is 0 Å². The van der Waals surface area contributed by atoms with Crippen LogP contribution in [0.25, 0.3) is 0 Å². The molecule has 1 aliphatic rings. The molecule has 0 saturated heterocycles. The maximum absolute atomic E-state index is 8.92. The predicted molar refractivity (Wildman–Crippen MR) is 63.2 cm³/mol. The maximum atomic E-state index is 8.92. The van der Waals surface area contributed by atoms with Crippen molar-refractivity contribution in [2.24, 2.45) is 5.92 Å². The molecule has 0 aliphatic heterocycles. The Morgan fingerprint density at radius 3 is 2.56 bits per heavy atom. The molecule has 1 N–H and O–H groups in total. The van der Waals surface area contributed by atoms with E-state index in [1.165, 1.54) is 12.8 Å². The Bertz CT molecular complexity index is 333. The van der Waals surface area contributed by atoms with Crippen LogP contribution >= 0.6 is 0 Å². The van der Waals surface area contributed by atoms with Crippen molar-refractivity contribution in [2.45, 2.75) is 39.3 Å². The van der Waals surface area contributed by atoms with Gasteiger partial charge in [-0.05, 0) is 44.7 Å². The Morgan fingerprint density at radius 1 is 1.38 bits per heavy atom. The van der Waals surface area contributed by atoms with Crippen molar-refractivity contribution in [3.05, 3.63) is 17.8 Å². The van der Waals surface area contributed by atoms with Crippen LogP contribution in [0.4, 0.5) is 5.82 Å². The summed E-state index contributed by atoms with van der Waals surface area (Å²) in [6.07, 6.45) is 2.68. The van der Waals surface area contributed by atoms with Gasteiger partial charge in [0.2, 0.25) is 0 Å². The van der Waals surface area contributed by atoms with E-state index in [4.69, 9.17) is 5.11 Å². The molecule has 0 unspecified atom stereocenters. The second kappa shape index (κ2) is 4.78. The third-order valence-corrected chi connectivity index (χ3v) is 2.94. The Kier molecular flexibility index (Phi) is 3.39. The number of aliphatic hydroxyl groups is 1. The molecule has 0 amide bonds. The van der Waals surface area contributed by atoms with E-state index in [9.17, 15) is 0 Å². The molecule has 16 heavy (non-hydrogen) atoms. The number of hydrogen-bond donors (Lipinski definition) is 1. The van der Waals surface area contributed by atoms with Gasteiger partial charge in [-0.15, -0.1) is 5.10 Å². The molecule has 1 aliphatic carbocycles. The first-order chi connectivity index (χ1) is 7.70. The van der Waals surface area contributed by atoms with Crippen molar-refractivity contribution in [3.8, 4) is 0 Å². The topological polar surface area (TPSA) is 49.2 Å². The van der Waals surface area contributed by atoms with Gasteiger partial charge < -0.3 is 10.0 Å². The van der Waals surface area contributed by atoms with Crippen LogP contribution in [0.2, 0.25) is 0 Å². The molecule has 2 rings (SSSR count). The zero-order chi connectivity index (χ0) is 11.5. The van der Waals surface area contributed by atoms with Crippen molar-refractivity contribution in [1.82, 2.24) is 10.2 Å². The zero-order valence-corrected chi connectivity index (χ0v) is 9.93. The second-order valence-electron chi connectivity index (χ2n) is 4.73. The van der Waals surface area contributed by atoms with Crippen LogP contribution in [0, 0.1) is 5.92 Å². The Labute approximate surface area is 96.3 Å². The van der Waals surface area contributed by atoms with Crippen molar-refractivity contribution in [2.75, 3.05) is 11.4 Å². The van der Waals surface area contributed by atoms with E-state index in [1.807, 2.05) is 12.1 Å². The lowest BCUT2D eigenvalue weighted by Gasteiger charge is -2.27. The minimum absolute atomic E-state index is 0.0441. The summed E-state index contributed by atoms with van der Waals surface area (Å²) in [4.78, 5) is 2.28. The molecule has 0 aromatic carbocycles. The molecule has 4 heteroatoms. The zero-order valence-electron chi connectivity index (χ0n) is 9.93. The number of hydrogen-bond acceptors (Lipinski definition) is 4. The number of aliphatic hydroxyl groups excluding tert-OH is 1. The van der Waals surface area contributed by atoms with Gasteiger partial charge in [0.1, 0.15) is 0 Å². The van der Waals surface area contributed by atoms with Gasteiger partial charge in [-0.25, -0.2) is 0 Å². The minimum atomic E-state index is -0.0441. The molecular formula is C12H19N3O. The molecule has 1 saturated carbocycles. The first-order valence-corrected chi connectivity index (χ1v) is 5.91. The van der Waals surface area contributed by atoms with Crippen molar-refractivity contribution in [1.29, 1.82) is 0 Å². The highest BCUT2D eigenvalue weighted by atomic mass is 16.3. The van der Waals surface area contributed by atoms with Crippen LogP contribution in [0.5, 0.6) is 0 Å². The molecule has 0 radical (unpaired) electrons. The van der Waals surface area contributed by atoms with Crippen molar-refractivity contribution < 1.29 is 5.11 Å². The van der Waals surface area contributed by atoms with Gasteiger partial charge in [0.25, 0.3) is 0 Å². The van der Waals surface area contributed by atoms with Crippen LogP contribution < -0.4 is 4.90 Å². The Morgan fingerprint density at radius 2 is 2.12 bits per heavy atom. The summed E-state index contributed by atoms with van der Waals surface area (Å²) in [5.41, 5.74) is 0.624. The first-order valence-electron chi connectivity index (χ1n) is 5.91. The third-order valence-electron chi connectivity index (χ3n) is 2.94. The van der Waals surface area contributed by atoms with Gasteiger partial charge in [-0.1, -0.05) is 0 Å². The van der Waals surface area contributed by atoms with E-state index in [2.05, 4.69) is 28.9 Å². The summed E-state index contributed by atoms with van der Waals surface area (Å²) >= 11 is 0. The van der Waals surface area contributed by atoms with Gasteiger partial charge in [0.15, 0.2) is 5.82 Å². The molecule has 1 fully saturated rings. The van der Waals surface area contributed by atoms with Crippen LogP contribution in [-0.2, 0) is 6.61 Å². The molecule has 0 spiro atoms. The smallest absolute Gasteiger partial charge is 0.151 e. The molecule has 1 aromatic heterocycles. The van der Waals surface area contributed by atoms with E-state index in [1.54, 1.807) is 0 Å². The highest BCUT2D eigenvalue weighted by Gasteiger charge is 2.26. The van der Waals surface area contributed by atoms with Gasteiger partial charge in [-0.3, -0.25) is 0 Å². The normalized spacial score (nSPS) is 15.5. The lowest BCUT2D eigenvalue weighted by atomic mass is 10.2. The minimum Gasteiger partial charge on any atom is -0.390 e. The van der Waals surface area contributed by atoms with Crippen LogP contribution in [-0.4, -0.2) is 27.9 Å².